The number of hydrogen-bond donors (Lipinski definition) is 3. The van der Waals surface area contributed by atoms with E-state index in [9.17, 15) is 0 Å². The second-order valence-corrected chi connectivity index (χ2v) is 7.34. The molecule has 1 saturated carbocycles. The summed E-state index contributed by atoms with van der Waals surface area (Å²) in [7, 11) is -1.16. The van der Waals surface area contributed by atoms with Crippen LogP contribution in [0.25, 0.3) is 0 Å². The molecule has 4 N–H and O–H groups in total. The predicted molar refractivity (Wildman–Crippen MR) is 102 cm³/mol. The normalized spacial score (nSPS) is 19.5. The largest absolute Gasteiger partial charge is 0.451 e. The zero-order valence-corrected chi connectivity index (χ0v) is 15.6. The lowest BCUT2D eigenvalue weighted by atomic mass is 9.68. The summed E-state index contributed by atoms with van der Waals surface area (Å²) in [6.45, 7) is 0. The van der Waals surface area contributed by atoms with Gasteiger partial charge in [-0.15, -0.1) is 0 Å². The molecule has 1 unspecified atom stereocenters. The van der Waals surface area contributed by atoms with Crippen molar-refractivity contribution >= 4 is 13.3 Å². The molecule has 2 rings (SSSR count). The number of carbonyl (C=O) groups excluding carboxylic acids is 2. The highest BCUT2D eigenvalue weighted by Gasteiger charge is 2.32. The third kappa shape index (κ3) is 9.88. The number of rotatable bonds is 11. The Labute approximate surface area is 157 Å². The van der Waals surface area contributed by atoms with Gasteiger partial charge in [0, 0.05) is 6.04 Å². The Bertz CT molecular complexity index is 500. The summed E-state index contributed by atoms with van der Waals surface area (Å²) in [6, 6.07) is 11.1. The van der Waals surface area contributed by atoms with E-state index >= 15 is 0 Å². The fraction of sp³-hybridized carbons (Fsp3) is 0.650. The molecule has 1 aromatic carbocycles. The summed E-state index contributed by atoms with van der Waals surface area (Å²) < 4.78 is 0. The van der Waals surface area contributed by atoms with Crippen molar-refractivity contribution in [3.8, 4) is 0 Å². The van der Waals surface area contributed by atoms with E-state index in [0.29, 0.717) is 18.3 Å². The molecule has 5 nitrogen and oxygen atoms in total. The standard InChI is InChI=1S/C19H32BNO2.CO2/c21-19(12-6-7-13-20(22)23)18-14-17(15-18)11-5-4-10-16-8-2-1-3-9-16;2-1-3/h1-3,8-9,17-19,22-23H,4-7,10-15,21H2;. The number of hydrogen-bond acceptors (Lipinski definition) is 5. The summed E-state index contributed by atoms with van der Waals surface area (Å²) in [4.78, 5) is 16.2. The first kappa shape index (κ1) is 22.6. The van der Waals surface area contributed by atoms with Crippen LogP contribution in [0, 0.1) is 11.8 Å². The van der Waals surface area contributed by atoms with Crippen molar-refractivity contribution < 1.29 is 19.6 Å². The van der Waals surface area contributed by atoms with Gasteiger partial charge in [0.15, 0.2) is 0 Å². The topological polar surface area (TPSA) is 101 Å². The lowest BCUT2D eigenvalue weighted by Gasteiger charge is -2.39. The van der Waals surface area contributed by atoms with Crippen LogP contribution in [0.2, 0.25) is 6.32 Å². The first-order valence-electron chi connectivity index (χ1n) is 9.71. The third-order valence-electron chi connectivity index (χ3n) is 5.30. The fourth-order valence-corrected chi connectivity index (χ4v) is 3.72. The van der Waals surface area contributed by atoms with Gasteiger partial charge in [0.1, 0.15) is 0 Å². The summed E-state index contributed by atoms with van der Waals surface area (Å²) in [6.07, 6.45) is 11.4. The van der Waals surface area contributed by atoms with Crippen molar-refractivity contribution in [3.63, 3.8) is 0 Å². The van der Waals surface area contributed by atoms with Crippen molar-refractivity contribution in [1.82, 2.24) is 0 Å². The Morgan fingerprint density at radius 3 is 2.35 bits per heavy atom. The molecule has 26 heavy (non-hydrogen) atoms. The molecule has 6 heteroatoms. The van der Waals surface area contributed by atoms with Crippen LogP contribution in [-0.4, -0.2) is 29.4 Å². The van der Waals surface area contributed by atoms with Crippen molar-refractivity contribution in [2.75, 3.05) is 0 Å². The van der Waals surface area contributed by atoms with Crippen LogP contribution >= 0.6 is 0 Å². The van der Waals surface area contributed by atoms with E-state index in [2.05, 4.69) is 30.3 Å². The van der Waals surface area contributed by atoms with E-state index in [1.807, 2.05) is 0 Å². The Balaban J connectivity index is 0.00000105. The van der Waals surface area contributed by atoms with Gasteiger partial charge in [-0.1, -0.05) is 56.0 Å². The molecule has 0 amide bonds. The Morgan fingerprint density at radius 2 is 1.73 bits per heavy atom. The maximum absolute atomic E-state index is 8.82. The zero-order chi connectivity index (χ0) is 19.2. The van der Waals surface area contributed by atoms with Gasteiger partial charge in [0.25, 0.3) is 0 Å². The van der Waals surface area contributed by atoms with Crippen LogP contribution in [0.5, 0.6) is 0 Å². The molecule has 1 aliphatic carbocycles. The highest BCUT2D eigenvalue weighted by atomic mass is 16.4. The minimum absolute atomic E-state index is 0.250. The highest BCUT2D eigenvalue weighted by molar-refractivity contribution is 6.40. The van der Waals surface area contributed by atoms with Crippen LogP contribution in [0.4, 0.5) is 0 Å². The van der Waals surface area contributed by atoms with Crippen LogP contribution < -0.4 is 5.73 Å². The summed E-state index contributed by atoms with van der Waals surface area (Å²) >= 11 is 0. The Hall–Kier alpha value is -1.46. The van der Waals surface area contributed by atoms with E-state index in [0.717, 1.165) is 25.2 Å². The molecule has 1 aromatic rings. The number of nitrogens with two attached hydrogens (primary N) is 1. The monoisotopic (exact) mass is 361 g/mol. The van der Waals surface area contributed by atoms with Gasteiger partial charge in [0.05, 0.1) is 0 Å². The van der Waals surface area contributed by atoms with Gasteiger partial charge < -0.3 is 15.8 Å². The minimum atomic E-state index is -1.16. The maximum Gasteiger partial charge on any atom is 0.451 e. The SMILES string of the molecule is NC(CCCCB(O)O)C1CC(CCCCc2ccccc2)C1.O=C=O. The van der Waals surface area contributed by atoms with E-state index in [1.54, 1.807) is 0 Å². The molecule has 0 aromatic heterocycles. The van der Waals surface area contributed by atoms with Crippen LogP contribution in [-0.2, 0) is 16.0 Å². The number of benzene rings is 1. The molecule has 0 spiro atoms. The van der Waals surface area contributed by atoms with Gasteiger partial charge in [-0.3, -0.25) is 0 Å². The smallest absolute Gasteiger partial charge is 0.427 e. The minimum Gasteiger partial charge on any atom is -0.427 e. The van der Waals surface area contributed by atoms with Gasteiger partial charge >= 0.3 is 13.3 Å². The van der Waals surface area contributed by atoms with Gasteiger partial charge in [-0.25, -0.2) is 0 Å². The van der Waals surface area contributed by atoms with Crippen molar-refractivity contribution in [2.45, 2.75) is 70.1 Å². The molecule has 0 bridgehead atoms. The molecule has 0 heterocycles. The van der Waals surface area contributed by atoms with Crippen molar-refractivity contribution in [3.05, 3.63) is 35.9 Å². The van der Waals surface area contributed by atoms with E-state index in [1.165, 1.54) is 44.1 Å². The first-order chi connectivity index (χ1) is 12.6. The lowest BCUT2D eigenvalue weighted by molar-refractivity contribution is -0.191. The molecule has 0 saturated heterocycles. The molecular weight excluding hydrogens is 329 g/mol. The molecule has 1 fully saturated rings. The van der Waals surface area contributed by atoms with E-state index in [-0.39, 0.29) is 6.15 Å². The average Bonchev–Trinajstić information content (AvgIpc) is 2.58. The molecule has 1 aliphatic rings. The summed E-state index contributed by atoms with van der Waals surface area (Å²) in [5, 5.41) is 17.6. The van der Waals surface area contributed by atoms with Gasteiger partial charge in [0.2, 0.25) is 0 Å². The van der Waals surface area contributed by atoms with Gasteiger partial charge in [-0.2, -0.15) is 9.59 Å². The van der Waals surface area contributed by atoms with Crippen LogP contribution in [0.3, 0.4) is 0 Å². The Kier molecular flexibility index (Phi) is 11.9. The third-order valence-corrected chi connectivity index (χ3v) is 5.30. The fourth-order valence-electron chi connectivity index (χ4n) is 3.72. The number of unbranched alkanes of at least 4 members (excludes halogenated alkanes) is 2. The summed E-state index contributed by atoms with van der Waals surface area (Å²) in [5.74, 6) is 1.59. The lowest BCUT2D eigenvalue weighted by Crippen LogP contribution is -2.39. The van der Waals surface area contributed by atoms with E-state index < -0.39 is 7.12 Å². The molecule has 144 valence electrons. The van der Waals surface area contributed by atoms with Crippen LogP contribution in [0.1, 0.15) is 56.9 Å². The zero-order valence-electron chi connectivity index (χ0n) is 15.6. The Morgan fingerprint density at radius 1 is 1.08 bits per heavy atom. The molecule has 0 radical (unpaired) electrons. The van der Waals surface area contributed by atoms with Crippen molar-refractivity contribution in [1.29, 1.82) is 0 Å². The molecule has 1 atom stereocenters. The first-order valence-corrected chi connectivity index (χ1v) is 9.71. The quantitative estimate of drug-likeness (QED) is 0.416. The predicted octanol–water partition coefficient (Wildman–Crippen LogP) is 2.81. The highest BCUT2D eigenvalue weighted by Crippen LogP contribution is 2.39. The second kappa shape index (κ2) is 13.7. The second-order valence-electron chi connectivity index (χ2n) is 7.34. The van der Waals surface area contributed by atoms with Gasteiger partial charge in [-0.05, 0) is 55.8 Å². The molecular formula is C20H32BNO4. The van der Waals surface area contributed by atoms with E-state index in [4.69, 9.17) is 25.4 Å². The average molecular weight is 361 g/mol. The summed E-state index contributed by atoms with van der Waals surface area (Å²) in [5.41, 5.74) is 7.72. The number of aryl methyl sites for hydroxylation is 1. The maximum atomic E-state index is 8.82. The van der Waals surface area contributed by atoms with Crippen molar-refractivity contribution in [2.24, 2.45) is 17.6 Å². The van der Waals surface area contributed by atoms with Crippen LogP contribution in [0.15, 0.2) is 30.3 Å². The molecule has 0 aliphatic heterocycles.